The molecule has 5 nitrogen and oxygen atoms in total. The highest BCUT2D eigenvalue weighted by Gasteiger charge is 2.39. The van der Waals surface area contributed by atoms with Gasteiger partial charge in [-0.3, -0.25) is 0 Å². The van der Waals surface area contributed by atoms with Crippen molar-refractivity contribution >= 4 is 21.4 Å². The normalized spacial score (nSPS) is 23.3. The van der Waals surface area contributed by atoms with E-state index in [0.29, 0.717) is 32.7 Å². The van der Waals surface area contributed by atoms with Crippen LogP contribution < -0.4 is 0 Å². The largest absolute Gasteiger partial charge is 0.377 e. The number of ether oxygens (including phenoxy) is 1. The molecule has 1 aromatic heterocycles. The van der Waals surface area contributed by atoms with Gasteiger partial charge in [0.2, 0.25) is 10.0 Å². The van der Waals surface area contributed by atoms with Gasteiger partial charge in [-0.1, -0.05) is 6.07 Å². The van der Waals surface area contributed by atoms with E-state index in [1.165, 1.54) is 0 Å². The van der Waals surface area contributed by atoms with Crippen molar-refractivity contribution in [1.82, 2.24) is 9.21 Å². The Kier molecular flexibility index (Phi) is 5.79. The van der Waals surface area contributed by atoms with Gasteiger partial charge in [-0.25, -0.2) is 8.42 Å². The van der Waals surface area contributed by atoms with Crippen LogP contribution in [0.4, 0.5) is 0 Å². The predicted octanol–water partition coefficient (Wildman–Crippen LogP) is 1.62. The maximum Gasteiger partial charge on any atom is 0.220 e. The summed E-state index contributed by atoms with van der Waals surface area (Å²) in [5, 5.41) is 1.56. The van der Waals surface area contributed by atoms with Gasteiger partial charge in [0, 0.05) is 31.1 Å². The number of thiophene rings is 1. The lowest BCUT2D eigenvalue weighted by Crippen LogP contribution is -2.43. The average molecular weight is 332 g/mol. The van der Waals surface area contributed by atoms with Crippen LogP contribution in [-0.2, 0) is 21.3 Å². The minimum atomic E-state index is -3.33. The zero-order chi connectivity index (χ0) is 15.5. The quantitative estimate of drug-likeness (QED) is 0.761. The fourth-order valence-electron chi connectivity index (χ4n) is 2.48. The maximum atomic E-state index is 12.9. The van der Waals surface area contributed by atoms with E-state index in [0.717, 1.165) is 4.88 Å². The Balaban J connectivity index is 2.16. The highest BCUT2D eigenvalue weighted by Crippen LogP contribution is 2.25. The molecular formula is C14H24N2O3S2. The van der Waals surface area contributed by atoms with Gasteiger partial charge >= 0.3 is 0 Å². The van der Waals surface area contributed by atoms with Crippen LogP contribution in [0.25, 0.3) is 0 Å². The molecule has 1 saturated heterocycles. The van der Waals surface area contributed by atoms with Crippen molar-refractivity contribution in [3.63, 3.8) is 0 Å². The van der Waals surface area contributed by atoms with E-state index in [4.69, 9.17) is 4.74 Å². The summed E-state index contributed by atoms with van der Waals surface area (Å²) in [5.74, 6) is 0. The molecule has 1 aliphatic heterocycles. The van der Waals surface area contributed by atoms with E-state index in [1.807, 2.05) is 43.4 Å². The lowest BCUT2D eigenvalue weighted by Gasteiger charge is -2.27. The Morgan fingerprint density at radius 3 is 2.67 bits per heavy atom. The predicted molar refractivity (Wildman–Crippen MR) is 86.0 cm³/mol. The lowest BCUT2D eigenvalue weighted by atomic mass is 10.3. The SMILES string of the molecule is C[C@H]1OCC[C@H]1S(=O)(=O)N(CCN(C)C)Cc1cccs1. The molecule has 2 rings (SSSR count). The summed E-state index contributed by atoms with van der Waals surface area (Å²) >= 11 is 1.59. The van der Waals surface area contributed by atoms with Crippen LogP contribution in [0.15, 0.2) is 17.5 Å². The smallest absolute Gasteiger partial charge is 0.220 e. The van der Waals surface area contributed by atoms with E-state index >= 15 is 0 Å². The molecule has 1 fully saturated rings. The van der Waals surface area contributed by atoms with Crippen molar-refractivity contribution in [1.29, 1.82) is 0 Å². The summed E-state index contributed by atoms with van der Waals surface area (Å²) in [6.07, 6.45) is 0.368. The molecule has 7 heteroatoms. The molecular weight excluding hydrogens is 308 g/mol. The van der Waals surface area contributed by atoms with Gasteiger partial charge in [-0.2, -0.15) is 4.31 Å². The first kappa shape index (κ1) is 16.9. The lowest BCUT2D eigenvalue weighted by molar-refractivity contribution is 0.125. The van der Waals surface area contributed by atoms with Gasteiger partial charge < -0.3 is 9.64 Å². The number of likely N-dealkylation sites (N-methyl/N-ethyl adjacent to an activating group) is 1. The summed E-state index contributed by atoms with van der Waals surface area (Å²) in [4.78, 5) is 3.08. The van der Waals surface area contributed by atoms with Crippen molar-refractivity contribution < 1.29 is 13.2 Å². The Labute approximate surface area is 131 Å². The second kappa shape index (κ2) is 7.19. The van der Waals surface area contributed by atoms with Crippen LogP contribution in [0.5, 0.6) is 0 Å². The first-order valence-corrected chi connectivity index (χ1v) is 9.57. The molecule has 0 amide bonds. The first-order valence-electron chi connectivity index (χ1n) is 7.19. The second-order valence-electron chi connectivity index (χ2n) is 5.66. The van der Waals surface area contributed by atoms with Crippen LogP contribution >= 0.6 is 11.3 Å². The summed E-state index contributed by atoms with van der Waals surface area (Å²) in [6.45, 7) is 4.07. The maximum absolute atomic E-state index is 12.9. The van der Waals surface area contributed by atoms with Crippen molar-refractivity contribution in [2.24, 2.45) is 0 Å². The number of hydrogen-bond acceptors (Lipinski definition) is 5. The molecule has 0 N–H and O–H groups in total. The molecule has 0 saturated carbocycles. The summed E-state index contributed by atoms with van der Waals surface area (Å²) in [7, 11) is 0.578. The number of nitrogens with zero attached hydrogens (tertiary/aromatic N) is 2. The minimum absolute atomic E-state index is 0.222. The first-order chi connectivity index (χ1) is 9.91. The van der Waals surface area contributed by atoms with Crippen LogP contribution in [-0.4, -0.2) is 62.8 Å². The highest BCUT2D eigenvalue weighted by molar-refractivity contribution is 7.89. The molecule has 21 heavy (non-hydrogen) atoms. The van der Waals surface area contributed by atoms with E-state index in [1.54, 1.807) is 15.6 Å². The third-order valence-corrected chi connectivity index (χ3v) is 7.03. The highest BCUT2D eigenvalue weighted by atomic mass is 32.2. The number of rotatable bonds is 7. The van der Waals surface area contributed by atoms with Gasteiger partial charge in [-0.05, 0) is 38.9 Å². The Morgan fingerprint density at radius 2 is 2.14 bits per heavy atom. The van der Waals surface area contributed by atoms with Crippen LogP contribution in [0.2, 0.25) is 0 Å². The van der Waals surface area contributed by atoms with Gasteiger partial charge in [-0.15, -0.1) is 11.3 Å². The van der Waals surface area contributed by atoms with E-state index in [2.05, 4.69) is 0 Å². The molecule has 0 spiro atoms. The van der Waals surface area contributed by atoms with E-state index in [9.17, 15) is 8.42 Å². The summed E-state index contributed by atoms with van der Waals surface area (Å²) < 4.78 is 32.9. The van der Waals surface area contributed by atoms with E-state index in [-0.39, 0.29) is 6.10 Å². The fourth-order valence-corrected chi connectivity index (χ4v) is 5.28. The second-order valence-corrected chi connectivity index (χ2v) is 8.85. The van der Waals surface area contributed by atoms with Crippen LogP contribution in [0, 0.1) is 0 Å². The van der Waals surface area contributed by atoms with Gasteiger partial charge in [0.25, 0.3) is 0 Å². The molecule has 2 heterocycles. The standard InChI is InChI=1S/C14H24N2O3S2/c1-12-14(6-9-19-12)21(17,18)16(8-7-15(2)3)11-13-5-4-10-20-13/h4-5,10,12,14H,6-9,11H2,1-3H3/t12-,14-/m1/s1. The average Bonchev–Trinajstić information content (AvgIpc) is 3.05. The molecule has 0 bridgehead atoms. The third kappa shape index (κ3) is 4.26. The number of hydrogen-bond donors (Lipinski definition) is 0. The van der Waals surface area contributed by atoms with Gasteiger partial charge in [0.1, 0.15) is 5.25 Å². The fraction of sp³-hybridized carbons (Fsp3) is 0.714. The zero-order valence-corrected chi connectivity index (χ0v) is 14.5. The zero-order valence-electron chi connectivity index (χ0n) is 12.9. The van der Waals surface area contributed by atoms with Crippen molar-refractivity contribution in [3.05, 3.63) is 22.4 Å². The summed E-state index contributed by atoms with van der Waals surface area (Å²) in [6, 6.07) is 3.94. The molecule has 0 radical (unpaired) electrons. The third-order valence-electron chi connectivity index (χ3n) is 3.76. The van der Waals surface area contributed by atoms with E-state index < -0.39 is 15.3 Å². The molecule has 1 aromatic rings. The Morgan fingerprint density at radius 1 is 1.38 bits per heavy atom. The van der Waals surface area contributed by atoms with Crippen molar-refractivity contribution in [3.8, 4) is 0 Å². The molecule has 2 atom stereocenters. The minimum Gasteiger partial charge on any atom is -0.377 e. The Hall–Kier alpha value is -0.470. The van der Waals surface area contributed by atoms with Crippen molar-refractivity contribution in [2.75, 3.05) is 33.8 Å². The summed E-state index contributed by atoms with van der Waals surface area (Å²) in [5.41, 5.74) is 0. The van der Waals surface area contributed by atoms with Gasteiger partial charge in [0.15, 0.2) is 0 Å². The van der Waals surface area contributed by atoms with Crippen molar-refractivity contribution in [2.45, 2.75) is 31.2 Å². The molecule has 1 aliphatic rings. The number of sulfonamides is 1. The molecule has 120 valence electrons. The van der Waals surface area contributed by atoms with Gasteiger partial charge in [0.05, 0.1) is 6.10 Å². The molecule has 0 aromatic carbocycles. The monoisotopic (exact) mass is 332 g/mol. The Bertz CT molecular complexity index is 528. The van der Waals surface area contributed by atoms with Crippen LogP contribution in [0.1, 0.15) is 18.2 Å². The van der Waals surface area contributed by atoms with Crippen LogP contribution in [0.3, 0.4) is 0 Å². The topological polar surface area (TPSA) is 49.9 Å². The molecule has 0 unspecified atom stereocenters. The molecule has 0 aliphatic carbocycles.